The molecule has 1 fully saturated rings. The monoisotopic (exact) mass is 301 g/mol. The summed E-state index contributed by atoms with van der Waals surface area (Å²) in [5.41, 5.74) is -1.64. The summed E-state index contributed by atoms with van der Waals surface area (Å²) in [6.45, 7) is 1.32. The lowest BCUT2D eigenvalue weighted by molar-refractivity contribution is -0.141. The van der Waals surface area contributed by atoms with Crippen molar-refractivity contribution in [3.8, 4) is 0 Å². The quantitative estimate of drug-likeness (QED) is 0.617. The maximum Gasteiger partial charge on any atom is 0.417 e. The molecule has 1 saturated heterocycles. The number of hydrogen-bond donors (Lipinski definition) is 0. The zero-order valence-corrected chi connectivity index (χ0v) is 10.8. The number of pyridine rings is 1. The molecule has 2 heterocycles. The maximum atomic E-state index is 12.8. The molecule has 1 aliphatic rings. The number of carbonyl (C=O) groups is 2. The number of rotatable bonds is 2. The largest absolute Gasteiger partial charge is 0.417 e. The van der Waals surface area contributed by atoms with Crippen molar-refractivity contribution in [3.05, 3.63) is 29.6 Å². The third-order valence-electron chi connectivity index (χ3n) is 2.75. The van der Waals surface area contributed by atoms with Crippen LogP contribution in [-0.4, -0.2) is 34.1 Å². The smallest absolute Gasteiger partial charge is 0.317 e. The van der Waals surface area contributed by atoms with Gasteiger partial charge in [0.05, 0.1) is 11.1 Å². The Bertz CT molecular complexity index is 613. The molecule has 0 radical (unpaired) electrons. The SMILES string of the molecule is CC(=O)ON=C1CCN1C(=O)c1cnccc1C(F)(F)F. The minimum absolute atomic E-state index is 0.104. The molecule has 1 aromatic heterocycles. The number of alkyl halides is 3. The minimum atomic E-state index is -4.66. The van der Waals surface area contributed by atoms with E-state index in [9.17, 15) is 22.8 Å². The van der Waals surface area contributed by atoms with Crippen LogP contribution in [0.25, 0.3) is 0 Å². The summed E-state index contributed by atoms with van der Waals surface area (Å²) in [5, 5.41) is 3.42. The van der Waals surface area contributed by atoms with Crippen LogP contribution in [0.5, 0.6) is 0 Å². The Morgan fingerprint density at radius 2 is 2.14 bits per heavy atom. The molecule has 0 saturated carbocycles. The molecule has 1 aromatic rings. The summed E-state index contributed by atoms with van der Waals surface area (Å²) < 4.78 is 38.5. The Balaban J connectivity index is 2.26. The van der Waals surface area contributed by atoms with Gasteiger partial charge in [-0.25, -0.2) is 4.79 Å². The van der Waals surface area contributed by atoms with Gasteiger partial charge < -0.3 is 4.84 Å². The number of carbonyl (C=O) groups excluding carboxylic acids is 2. The fourth-order valence-electron chi connectivity index (χ4n) is 1.71. The average Bonchev–Trinajstić information content (AvgIpc) is 2.36. The van der Waals surface area contributed by atoms with Crippen molar-refractivity contribution in [1.82, 2.24) is 9.88 Å². The molecule has 0 bridgehead atoms. The molecule has 1 aliphatic heterocycles. The van der Waals surface area contributed by atoms with Gasteiger partial charge in [-0.1, -0.05) is 5.16 Å². The first-order valence-corrected chi connectivity index (χ1v) is 5.88. The summed E-state index contributed by atoms with van der Waals surface area (Å²) in [4.78, 5) is 31.7. The number of amides is 1. The number of aromatic nitrogens is 1. The van der Waals surface area contributed by atoms with E-state index in [1.807, 2.05) is 0 Å². The van der Waals surface area contributed by atoms with Crippen LogP contribution in [0.3, 0.4) is 0 Å². The summed E-state index contributed by atoms with van der Waals surface area (Å²) in [6.07, 6.45) is -2.51. The van der Waals surface area contributed by atoms with E-state index in [0.29, 0.717) is 6.42 Å². The molecule has 0 aromatic carbocycles. The molecule has 1 amide bonds. The Morgan fingerprint density at radius 1 is 1.43 bits per heavy atom. The number of nitrogens with zero attached hydrogens (tertiary/aromatic N) is 3. The Kier molecular flexibility index (Phi) is 3.92. The Morgan fingerprint density at radius 3 is 2.67 bits per heavy atom. The molecule has 0 N–H and O–H groups in total. The zero-order valence-electron chi connectivity index (χ0n) is 10.8. The van der Waals surface area contributed by atoms with Crippen molar-refractivity contribution in [2.75, 3.05) is 6.54 Å². The van der Waals surface area contributed by atoms with E-state index in [1.54, 1.807) is 0 Å². The lowest BCUT2D eigenvalue weighted by Gasteiger charge is -2.32. The van der Waals surface area contributed by atoms with Crippen LogP contribution in [-0.2, 0) is 15.8 Å². The molecule has 2 rings (SSSR count). The van der Waals surface area contributed by atoms with Crippen LogP contribution in [0, 0.1) is 0 Å². The van der Waals surface area contributed by atoms with Crippen molar-refractivity contribution >= 4 is 17.7 Å². The fraction of sp³-hybridized carbons (Fsp3) is 0.333. The predicted molar refractivity (Wildman–Crippen MR) is 64.1 cm³/mol. The van der Waals surface area contributed by atoms with Crippen molar-refractivity contribution in [1.29, 1.82) is 0 Å². The molecule has 6 nitrogen and oxygen atoms in total. The predicted octanol–water partition coefficient (Wildman–Crippen LogP) is 1.82. The number of likely N-dealkylation sites (tertiary alicyclic amines) is 1. The van der Waals surface area contributed by atoms with Gasteiger partial charge in [0.2, 0.25) is 0 Å². The lowest BCUT2D eigenvalue weighted by atomic mass is 10.1. The molecule has 0 unspecified atom stereocenters. The standard InChI is InChI=1S/C12H10F3N3O3/c1-7(19)21-17-10-3-5-18(10)11(20)8-6-16-4-2-9(8)12(13,14)15/h2,4,6H,3,5H2,1H3. The number of amidine groups is 1. The Hall–Kier alpha value is -2.45. The maximum absolute atomic E-state index is 12.8. The normalized spacial score (nSPS) is 16.6. The first kappa shape index (κ1) is 14.9. The molecule has 0 atom stereocenters. The van der Waals surface area contributed by atoms with Crippen molar-refractivity contribution < 1.29 is 27.6 Å². The van der Waals surface area contributed by atoms with Gasteiger partial charge in [0, 0.05) is 32.3 Å². The number of hydrogen-bond acceptors (Lipinski definition) is 5. The second-order valence-corrected chi connectivity index (χ2v) is 4.22. The molecule has 21 heavy (non-hydrogen) atoms. The second-order valence-electron chi connectivity index (χ2n) is 4.22. The molecule has 9 heteroatoms. The van der Waals surface area contributed by atoms with E-state index < -0.39 is 29.2 Å². The fourth-order valence-corrected chi connectivity index (χ4v) is 1.71. The van der Waals surface area contributed by atoms with Crippen LogP contribution in [0.2, 0.25) is 0 Å². The topological polar surface area (TPSA) is 71.9 Å². The average molecular weight is 301 g/mol. The van der Waals surface area contributed by atoms with Gasteiger partial charge in [-0.2, -0.15) is 13.2 Å². The van der Waals surface area contributed by atoms with E-state index in [4.69, 9.17) is 0 Å². The highest BCUT2D eigenvalue weighted by atomic mass is 19.4. The third kappa shape index (κ3) is 3.18. The minimum Gasteiger partial charge on any atom is -0.317 e. The van der Waals surface area contributed by atoms with Gasteiger partial charge in [-0.3, -0.25) is 14.7 Å². The van der Waals surface area contributed by atoms with Crippen molar-refractivity contribution in [2.24, 2.45) is 5.16 Å². The second kappa shape index (κ2) is 5.51. The van der Waals surface area contributed by atoms with Gasteiger partial charge in [0.15, 0.2) is 5.84 Å². The summed E-state index contributed by atoms with van der Waals surface area (Å²) in [7, 11) is 0. The highest BCUT2D eigenvalue weighted by Gasteiger charge is 2.38. The van der Waals surface area contributed by atoms with Crippen molar-refractivity contribution in [2.45, 2.75) is 19.5 Å². The molecule has 0 aliphatic carbocycles. The summed E-state index contributed by atoms with van der Waals surface area (Å²) >= 11 is 0. The van der Waals surface area contributed by atoms with Crippen LogP contribution < -0.4 is 0 Å². The van der Waals surface area contributed by atoms with Gasteiger partial charge in [0.25, 0.3) is 5.91 Å². The van der Waals surface area contributed by atoms with E-state index in [-0.39, 0.29) is 12.4 Å². The van der Waals surface area contributed by atoms with Crippen LogP contribution in [0.4, 0.5) is 13.2 Å². The van der Waals surface area contributed by atoms with Gasteiger partial charge >= 0.3 is 12.1 Å². The van der Waals surface area contributed by atoms with E-state index in [0.717, 1.165) is 30.3 Å². The summed E-state index contributed by atoms with van der Waals surface area (Å²) in [6, 6.07) is 0.732. The van der Waals surface area contributed by atoms with Crippen LogP contribution in [0.1, 0.15) is 29.3 Å². The van der Waals surface area contributed by atoms with E-state index >= 15 is 0 Å². The van der Waals surface area contributed by atoms with Gasteiger partial charge in [-0.05, 0) is 6.07 Å². The first-order valence-electron chi connectivity index (χ1n) is 5.88. The van der Waals surface area contributed by atoms with Gasteiger partial charge in [0.1, 0.15) is 0 Å². The number of halogens is 3. The summed E-state index contributed by atoms with van der Waals surface area (Å²) in [5.74, 6) is -1.46. The molecule has 0 spiro atoms. The molecular weight excluding hydrogens is 291 g/mol. The lowest BCUT2D eigenvalue weighted by Crippen LogP contribution is -2.48. The van der Waals surface area contributed by atoms with Gasteiger partial charge in [-0.15, -0.1) is 0 Å². The van der Waals surface area contributed by atoms with E-state index in [1.165, 1.54) is 0 Å². The molecule has 112 valence electrons. The number of oxime groups is 1. The zero-order chi connectivity index (χ0) is 15.6. The Labute approximate surface area is 117 Å². The highest BCUT2D eigenvalue weighted by Crippen LogP contribution is 2.32. The van der Waals surface area contributed by atoms with Crippen molar-refractivity contribution in [3.63, 3.8) is 0 Å². The highest BCUT2D eigenvalue weighted by molar-refractivity contribution is 6.09. The first-order chi connectivity index (χ1) is 9.80. The molecular formula is C12H10F3N3O3. The van der Waals surface area contributed by atoms with E-state index in [2.05, 4.69) is 15.0 Å². The van der Waals surface area contributed by atoms with Crippen LogP contribution >= 0.6 is 0 Å². The van der Waals surface area contributed by atoms with Crippen LogP contribution in [0.15, 0.2) is 23.6 Å². The third-order valence-corrected chi connectivity index (χ3v) is 2.75.